The third-order valence-corrected chi connectivity index (χ3v) is 2.46. The van der Waals surface area contributed by atoms with E-state index in [0.717, 1.165) is 0 Å². The number of rotatable bonds is 8. The van der Waals surface area contributed by atoms with Crippen LogP contribution in [0.4, 0.5) is 5.82 Å². The fourth-order valence-corrected chi connectivity index (χ4v) is 1.42. The average Bonchev–Trinajstić information content (AvgIpc) is 2.79. The standard InChI is InChI=1S/C12H20N4O4/c1-9-6-10(15-20-9)14-11(17)8-16(2)12(18)7-13-4-5-19-3/h6,13H,4-5,7-8H2,1-3H3,(H,14,15,17). The Balaban J connectivity index is 2.28. The van der Waals surface area contributed by atoms with Gasteiger partial charge in [0.25, 0.3) is 0 Å². The van der Waals surface area contributed by atoms with Crippen molar-refractivity contribution in [2.75, 3.05) is 45.7 Å². The summed E-state index contributed by atoms with van der Waals surface area (Å²) in [6.07, 6.45) is 0. The molecule has 112 valence electrons. The molecule has 1 heterocycles. The molecular weight excluding hydrogens is 264 g/mol. The van der Waals surface area contributed by atoms with E-state index in [2.05, 4.69) is 15.8 Å². The average molecular weight is 284 g/mol. The molecule has 0 saturated carbocycles. The summed E-state index contributed by atoms with van der Waals surface area (Å²) >= 11 is 0. The van der Waals surface area contributed by atoms with Gasteiger partial charge in [-0.2, -0.15) is 0 Å². The minimum atomic E-state index is -0.328. The Hall–Kier alpha value is -1.93. The summed E-state index contributed by atoms with van der Waals surface area (Å²) < 4.78 is 9.68. The fraction of sp³-hybridized carbons (Fsp3) is 0.583. The number of anilines is 1. The Labute approximate surface area is 117 Å². The lowest BCUT2D eigenvalue weighted by Crippen LogP contribution is -2.40. The molecule has 2 N–H and O–H groups in total. The lowest BCUT2D eigenvalue weighted by molar-refractivity contribution is -0.132. The third kappa shape index (κ3) is 5.81. The van der Waals surface area contributed by atoms with Crippen LogP contribution >= 0.6 is 0 Å². The van der Waals surface area contributed by atoms with E-state index in [1.54, 1.807) is 27.1 Å². The van der Waals surface area contributed by atoms with Crippen LogP contribution in [0, 0.1) is 6.92 Å². The smallest absolute Gasteiger partial charge is 0.245 e. The van der Waals surface area contributed by atoms with Gasteiger partial charge in [0, 0.05) is 26.8 Å². The number of amides is 2. The zero-order valence-corrected chi connectivity index (χ0v) is 11.9. The highest BCUT2D eigenvalue weighted by Gasteiger charge is 2.13. The van der Waals surface area contributed by atoms with Crippen LogP contribution < -0.4 is 10.6 Å². The van der Waals surface area contributed by atoms with E-state index in [9.17, 15) is 9.59 Å². The van der Waals surface area contributed by atoms with E-state index in [1.807, 2.05) is 0 Å². The number of hydrogen-bond donors (Lipinski definition) is 2. The van der Waals surface area contributed by atoms with Gasteiger partial charge in [0.1, 0.15) is 5.76 Å². The molecule has 2 amide bonds. The Bertz CT molecular complexity index is 446. The molecule has 0 bridgehead atoms. The van der Waals surface area contributed by atoms with Gasteiger partial charge >= 0.3 is 0 Å². The fourth-order valence-electron chi connectivity index (χ4n) is 1.42. The summed E-state index contributed by atoms with van der Waals surface area (Å²) in [6.45, 7) is 2.96. The molecule has 0 spiro atoms. The monoisotopic (exact) mass is 284 g/mol. The molecule has 0 radical (unpaired) electrons. The zero-order chi connectivity index (χ0) is 15.0. The second-order valence-electron chi connectivity index (χ2n) is 4.29. The van der Waals surface area contributed by atoms with E-state index in [4.69, 9.17) is 9.26 Å². The summed E-state index contributed by atoms with van der Waals surface area (Å²) in [6, 6.07) is 1.60. The van der Waals surface area contributed by atoms with Crippen molar-refractivity contribution in [1.29, 1.82) is 0 Å². The van der Waals surface area contributed by atoms with Crippen LogP contribution in [-0.4, -0.2) is 62.3 Å². The number of aromatic nitrogens is 1. The number of ether oxygens (including phenoxy) is 1. The van der Waals surface area contributed by atoms with E-state index >= 15 is 0 Å². The Morgan fingerprint density at radius 1 is 1.50 bits per heavy atom. The molecule has 1 aromatic heterocycles. The summed E-state index contributed by atoms with van der Waals surface area (Å²) in [7, 11) is 3.15. The molecule has 0 unspecified atom stereocenters. The highest BCUT2D eigenvalue weighted by Crippen LogP contribution is 2.06. The maximum absolute atomic E-state index is 11.7. The first-order chi connectivity index (χ1) is 9.52. The quantitative estimate of drug-likeness (QED) is 0.631. The SMILES string of the molecule is COCCNCC(=O)N(C)CC(=O)Nc1cc(C)on1. The number of nitrogens with zero attached hydrogens (tertiary/aromatic N) is 2. The molecule has 0 aliphatic carbocycles. The predicted octanol–water partition coefficient (Wildman–Crippen LogP) is -0.384. The van der Waals surface area contributed by atoms with Crippen LogP contribution in [0.5, 0.6) is 0 Å². The summed E-state index contributed by atoms with van der Waals surface area (Å²) in [5.41, 5.74) is 0. The van der Waals surface area contributed by atoms with Crippen molar-refractivity contribution in [2.45, 2.75) is 6.92 Å². The maximum Gasteiger partial charge on any atom is 0.245 e. The molecule has 8 heteroatoms. The second-order valence-corrected chi connectivity index (χ2v) is 4.29. The molecule has 8 nitrogen and oxygen atoms in total. The van der Waals surface area contributed by atoms with Gasteiger partial charge in [-0.1, -0.05) is 5.16 Å². The predicted molar refractivity (Wildman–Crippen MR) is 72.3 cm³/mol. The normalized spacial score (nSPS) is 10.3. The number of nitrogens with one attached hydrogen (secondary N) is 2. The number of methoxy groups -OCH3 is 1. The highest BCUT2D eigenvalue weighted by atomic mass is 16.5. The van der Waals surface area contributed by atoms with E-state index < -0.39 is 0 Å². The molecule has 0 aromatic carbocycles. The van der Waals surface area contributed by atoms with Crippen molar-refractivity contribution in [3.05, 3.63) is 11.8 Å². The minimum absolute atomic E-state index is 0.0449. The molecular formula is C12H20N4O4. The van der Waals surface area contributed by atoms with Crippen LogP contribution in [-0.2, 0) is 14.3 Å². The van der Waals surface area contributed by atoms with Crippen LogP contribution in [0.1, 0.15) is 5.76 Å². The molecule has 0 atom stereocenters. The molecule has 0 saturated heterocycles. The second kappa shape index (κ2) is 8.28. The Morgan fingerprint density at radius 2 is 2.25 bits per heavy atom. The molecule has 0 aliphatic rings. The number of aryl methyl sites for hydroxylation is 1. The van der Waals surface area contributed by atoms with Gasteiger partial charge in [0.05, 0.1) is 19.7 Å². The van der Waals surface area contributed by atoms with Gasteiger partial charge in [-0.15, -0.1) is 0 Å². The Morgan fingerprint density at radius 3 is 2.85 bits per heavy atom. The van der Waals surface area contributed by atoms with Crippen LogP contribution in [0.25, 0.3) is 0 Å². The molecule has 20 heavy (non-hydrogen) atoms. The van der Waals surface area contributed by atoms with E-state index in [1.165, 1.54) is 4.90 Å². The summed E-state index contributed by atoms with van der Waals surface area (Å²) in [4.78, 5) is 24.7. The van der Waals surface area contributed by atoms with Gasteiger partial charge in [0.15, 0.2) is 5.82 Å². The number of hydrogen-bond acceptors (Lipinski definition) is 6. The summed E-state index contributed by atoms with van der Waals surface area (Å²) in [5, 5.41) is 9.11. The molecule has 0 aliphatic heterocycles. The largest absolute Gasteiger partial charge is 0.383 e. The first-order valence-corrected chi connectivity index (χ1v) is 6.19. The molecule has 0 fully saturated rings. The third-order valence-electron chi connectivity index (χ3n) is 2.46. The van der Waals surface area contributed by atoms with Gasteiger partial charge in [0.2, 0.25) is 11.8 Å². The topological polar surface area (TPSA) is 96.7 Å². The van der Waals surface area contributed by atoms with Crippen molar-refractivity contribution in [1.82, 2.24) is 15.4 Å². The molecule has 1 aromatic rings. The van der Waals surface area contributed by atoms with Crippen LogP contribution in [0.3, 0.4) is 0 Å². The number of likely N-dealkylation sites (N-methyl/N-ethyl adjacent to an activating group) is 1. The van der Waals surface area contributed by atoms with E-state index in [0.29, 0.717) is 24.7 Å². The zero-order valence-electron chi connectivity index (χ0n) is 11.9. The number of carbonyl (C=O) groups excluding carboxylic acids is 2. The lowest BCUT2D eigenvalue weighted by atomic mass is 10.4. The van der Waals surface area contributed by atoms with Crippen molar-refractivity contribution < 1.29 is 18.8 Å². The first-order valence-electron chi connectivity index (χ1n) is 6.19. The minimum Gasteiger partial charge on any atom is -0.383 e. The van der Waals surface area contributed by atoms with Crippen LogP contribution in [0.2, 0.25) is 0 Å². The highest BCUT2D eigenvalue weighted by molar-refractivity contribution is 5.93. The van der Waals surface area contributed by atoms with Crippen molar-refractivity contribution in [3.8, 4) is 0 Å². The van der Waals surface area contributed by atoms with Crippen molar-refractivity contribution in [2.24, 2.45) is 0 Å². The van der Waals surface area contributed by atoms with Gasteiger partial charge in [-0.3, -0.25) is 9.59 Å². The Kier molecular flexibility index (Phi) is 6.68. The van der Waals surface area contributed by atoms with Crippen LogP contribution in [0.15, 0.2) is 10.6 Å². The molecule has 1 rings (SSSR count). The van der Waals surface area contributed by atoms with Gasteiger partial charge < -0.3 is 24.8 Å². The first kappa shape index (κ1) is 16.1. The van der Waals surface area contributed by atoms with Gasteiger partial charge in [-0.25, -0.2) is 0 Å². The van der Waals surface area contributed by atoms with Gasteiger partial charge in [-0.05, 0) is 6.92 Å². The van der Waals surface area contributed by atoms with Crippen molar-refractivity contribution in [3.63, 3.8) is 0 Å². The number of carbonyl (C=O) groups is 2. The lowest BCUT2D eigenvalue weighted by Gasteiger charge is -2.16. The van der Waals surface area contributed by atoms with E-state index in [-0.39, 0.29) is 24.9 Å². The maximum atomic E-state index is 11.7. The van der Waals surface area contributed by atoms with Crippen molar-refractivity contribution >= 4 is 17.6 Å². The summed E-state index contributed by atoms with van der Waals surface area (Å²) in [5.74, 6) is 0.442.